The van der Waals surface area contributed by atoms with Gasteiger partial charge in [-0.2, -0.15) is 4.31 Å². The Morgan fingerprint density at radius 3 is 1.71 bits per heavy atom. The number of hydrogen-bond acceptors (Lipinski definition) is 3. The number of rotatable bonds is 5. The van der Waals surface area contributed by atoms with Gasteiger partial charge in [-0.15, -0.1) is 0 Å². The lowest BCUT2D eigenvalue weighted by molar-refractivity contribution is -0.0321. The van der Waals surface area contributed by atoms with Gasteiger partial charge in [-0.25, -0.2) is 17.2 Å². The van der Waals surface area contributed by atoms with Crippen molar-refractivity contribution >= 4 is 10.0 Å². The molecular weight excluding hydrogens is 384 g/mol. The van der Waals surface area contributed by atoms with Gasteiger partial charge in [0.15, 0.2) is 0 Å². The lowest BCUT2D eigenvalue weighted by Crippen LogP contribution is -2.48. The summed E-state index contributed by atoms with van der Waals surface area (Å²) in [5.74, 6) is -0.665. The molecule has 0 saturated carbocycles. The summed E-state index contributed by atoms with van der Waals surface area (Å²) < 4.78 is 59.0. The van der Waals surface area contributed by atoms with Crippen LogP contribution in [0.4, 0.5) is 8.78 Å². The van der Waals surface area contributed by atoms with Crippen LogP contribution in [-0.2, 0) is 14.8 Å². The van der Waals surface area contributed by atoms with E-state index in [2.05, 4.69) is 0 Å². The Kier molecular flexibility index (Phi) is 5.24. The number of hydrogen-bond donors (Lipinski definition) is 0. The van der Waals surface area contributed by atoms with Crippen LogP contribution in [0.5, 0.6) is 0 Å². The lowest BCUT2D eigenvalue weighted by Gasteiger charge is -2.38. The van der Waals surface area contributed by atoms with Crippen molar-refractivity contribution in [3.05, 3.63) is 71.3 Å². The fourth-order valence-electron chi connectivity index (χ4n) is 4.55. The van der Waals surface area contributed by atoms with Crippen molar-refractivity contribution in [2.75, 3.05) is 6.26 Å². The minimum atomic E-state index is -3.23. The standard InChI is InChI=1S/C21H23F2NO3S/c1-28(25,26)24-18-10-11-19(24)13-20(12-18)27-21(14-2-6-16(22)7-3-14)15-4-8-17(23)9-5-15/h2-9,18-21H,10-13H2,1H3/t18-,19+,20?. The van der Waals surface area contributed by atoms with Gasteiger partial charge in [-0.05, 0) is 61.1 Å². The summed E-state index contributed by atoms with van der Waals surface area (Å²) in [6, 6.07) is 12.1. The maximum absolute atomic E-state index is 13.4. The van der Waals surface area contributed by atoms with Crippen LogP contribution in [0.25, 0.3) is 0 Å². The van der Waals surface area contributed by atoms with Crippen LogP contribution < -0.4 is 0 Å². The predicted molar refractivity (Wildman–Crippen MR) is 102 cm³/mol. The molecule has 150 valence electrons. The smallest absolute Gasteiger partial charge is 0.211 e. The van der Waals surface area contributed by atoms with E-state index in [1.807, 2.05) is 0 Å². The molecule has 7 heteroatoms. The Morgan fingerprint density at radius 2 is 1.32 bits per heavy atom. The largest absolute Gasteiger partial charge is 0.365 e. The van der Waals surface area contributed by atoms with Crippen molar-refractivity contribution in [2.24, 2.45) is 0 Å². The van der Waals surface area contributed by atoms with Crippen LogP contribution in [0, 0.1) is 11.6 Å². The molecule has 2 aromatic carbocycles. The first kappa shape index (κ1) is 19.5. The van der Waals surface area contributed by atoms with Crippen molar-refractivity contribution in [3.63, 3.8) is 0 Å². The second-order valence-electron chi connectivity index (χ2n) is 7.69. The number of piperidine rings is 1. The molecule has 28 heavy (non-hydrogen) atoms. The van der Waals surface area contributed by atoms with Gasteiger partial charge in [0.2, 0.25) is 10.0 Å². The zero-order valence-corrected chi connectivity index (χ0v) is 16.4. The lowest BCUT2D eigenvalue weighted by atomic mass is 9.98. The van der Waals surface area contributed by atoms with Crippen LogP contribution in [0.15, 0.2) is 48.5 Å². The second kappa shape index (κ2) is 7.54. The normalized spacial score (nSPS) is 25.4. The van der Waals surface area contributed by atoms with E-state index in [0.717, 1.165) is 24.0 Å². The molecule has 2 bridgehead atoms. The highest BCUT2D eigenvalue weighted by atomic mass is 32.2. The van der Waals surface area contributed by atoms with E-state index in [1.54, 1.807) is 28.6 Å². The van der Waals surface area contributed by atoms with E-state index in [9.17, 15) is 17.2 Å². The molecule has 0 spiro atoms. The first-order valence-corrected chi connectivity index (χ1v) is 11.3. The maximum Gasteiger partial charge on any atom is 0.211 e. The van der Waals surface area contributed by atoms with E-state index >= 15 is 0 Å². The van der Waals surface area contributed by atoms with E-state index in [1.165, 1.54) is 30.5 Å². The number of nitrogens with zero attached hydrogens (tertiary/aromatic N) is 1. The molecule has 3 atom stereocenters. The van der Waals surface area contributed by atoms with E-state index < -0.39 is 16.1 Å². The van der Waals surface area contributed by atoms with Gasteiger partial charge in [0, 0.05) is 12.1 Å². The number of benzene rings is 2. The van der Waals surface area contributed by atoms with Gasteiger partial charge in [-0.1, -0.05) is 24.3 Å². The number of sulfonamides is 1. The topological polar surface area (TPSA) is 46.6 Å². The Bertz CT molecular complexity index is 872. The maximum atomic E-state index is 13.4. The minimum Gasteiger partial charge on any atom is -0.365 e. The molecule has 2 fully saturated rings. The van der Waals surface area contributed by atoms with Gasteiger partial charge >= 0.3 is 0 Å². The van der Waals surface area contributed by atoms with Crippen LogP contribution in [0.3, 0.4) is 0 Å². The molecule has 0 aromatic heterocycles. The Balaban J connectivity index is 1.58. The Hall–Kier alpha value is -1.83. The fraction of sp³-hybridized carbons (Fsp3) is 0.429. The van der Waals surface area contributed by atoms with Crippen LogP contribution in [0.2, 0.25) is 0 Å². The molecule has 2 heterocycles. The predicted octanol–water partition coefficient (Wildman–Crippen LogP) is 4.03. The zero-order chi connectivity index (χ0) is 19.9. The highest BCUT2D eigenvalue weighted by molar-refractivity contribution is 7.88. The molecule has 4 nitrogen and oxygen atoms in total. The highest BCUT2D eigenvalue weighted by Gasteiger charge is 2.46. The number of ether oxygens (including phenoxy) is 1. The molecule has 2 aliphatic heterocycles. The van der Waals surface area contributed by atoms with Gasteiger partial charge in [0.1, 0.15) is 17.7 Å². The molecule has 0 radical (unpaired) electrons. The molecule has 0 amide bonds. The molecular formula is C21H23F2NO3S. The molecule has 4 rings (SSSR count). The van der Waals surface area contributed by atoms with Crippen molar-refractivity contribution < 1.29 is 21.9 Å². The van der Waals surface area contributed by atoms with E-state index in [0.29, 0.717) is 12.8 Å². The van der Waals surface area contributed by atoms with Crippen molar-refractivity contribution in [1.82, 2.24) is 4.31 Å². The minimum absolute atomic E-state index is 0.0409. The summed E-state index contributed by atoms with van der Waals surface area (Å²) in [6.07, 6.45) is 3.63. The summed E-state index contributed by atoms with van der Waals surface area (Å²) in [5, 5.41) is 0. The first-order valence-electron chi connectivity index (χ1n) is 9.46. The Labute approximate surface area is 164 Å². The summed E-state index contributed by atoms with van der Waals surface area (Å²) >= 11 is 0. The van der Waals surface area contributed by atoms with Crippen molar-refractivity contribution in [3.8, 4) is 0 Å². The fourth-order valence-corrected chi connectivity index (χ4v) is 6.02. The van der Waals surface area contributed by atoms with Gasteiger partial charge < -0.3 is 4.74 Å². The van der Waals surface area contributed by atoms with Crippen LogP contribution >= 0.6 is 0 Å². The molecule has 0 N–H and O–H groups in total. The van der Waals surface area contributed by atoms with Crippen molar-refractivity contribution in [1.29, 1.82) is 0 Å². The molecule has 2 saturated heterocycles. The summed E-state index contributed by atoms with van der Waals surface area (Å²) in [7, 11) is -3.23. The molecule has 2 aliphatic rings. The third kappa shape index (κ3) is 3.97. The van der Waals surface area contributed by atoms with Gasteiger partial charge in [0.05, 0.1) is 12.4 Å². The average Bonchev–Trinajstić information content (AvgIpc) is 2.94. The number of halogens is 2. The Morgan fingerprint density at radius 1 is 0.893 bits per heavy atom. The summed E-state index contributed by atoms with van der Waals surface area (Å²) in [6.45, 7) is 0. The quantitative estimate of drug-likeness (QED) is 0.752. The van der Waals surface area contributed by atoms with Gasteiger partial charge in [-0.3, -0.25) is 0 Å². The van der Waals surface area contributed by atoms with Gasteiger partial charge in [0.25, 0.3) is 0 Å². The monoisotopic (exact) mass is 407 g/mol. The average molecular weight is 407 g/mol. The third-order valence-corrected chi connectivity index (χ3v) is 7.04. The zero-order valence-electron chi connectivity index (χ0n) is 15.6. The third-order valence-electron chi connectivity index (χ3n) is 5.68. The second-order valence-corrected chi connectivity index (χ2v) is 9.58. The SMILES string of the molecule is CS(=O)(=O)N1[C@@H]2CC[C@H]1CC(OC(c1ccc(F)cc1)c1ccc(F)cc1)C2. The van der Waals surface area contributed by atoms with Crippen LogP contribution in [0.1, 0.15) is 42.9 Å². The first-order chi connectivity index (χ1) is 13.3. The summed E-state index contributed by atoms with van der Waals surface area (Å²) in [5.41, 5.74) is 1.57. The van der Waals surface area contributed by atoms with Crippen molar-refractivity contribution in [2.45, 2.75) is 50.0 Å². The molecule has 2 aromatic rings. The van der Waals surface area contributed by atoms with Crippen LogP contribution in [-0.4, -0.2) is 37.2 Å². The summed E-state index contributed by atoms with van der Waals surface area (Å²) in [4.78, 5) is 0. The molecule has 1 unspecified atom stereocenters. The van der Waals surface area contributed by atoms with E-state index in [4.69, 9.17) is 4.74 Å². The highest BCUT2D eigenvalue weighted by Crippen LogP contribution is 2.41. The molecule has 0 aliphatic carbocycles. The number of fused-ring (bicyclic) bond motifs is 2. The van der Waals surface area contributed by atoms with E-state index in [-0.39, 0.29) is 29.8 Å².